The summed E-state index contributed by atoms with van der Waals surface area (Å²) in [4.78, 5) is 15.5. The Morgan fingerprint density at radius 2 is 1.53 bits per heavy atom. The van der Waals surface area contributed by atoms with E-state index in [-0.39, 0.29) is 11.8 Å². The average Bonchev–Trinajstić information content (AvgIpc) is 3.21. The van der Waals surface area contributed by atoms with E-state index in [1.807, 2.05) is 24.3 Å². The van der Waals surface area contributed by atoms with Crippen molar-refractivity contribution in [2.75, 3.05) is 0 Å². The molecule has 1 unspecified atom stereocenters. The minimum Gasteiger partial charge on any atom is -0.345 e. The molecule has 0 aliphatic heterocycles. The molecule has 3 nitrogen and oxygen atoms in total. The van der Waals surface area contributed by atoms with Crippen LogP contribution in [-0.2, 0) is 24.4 Å². The SMILES string of the molecule is CCCCC(CC)C(=O)N(Cc1ccccc1)Cc1cccn1Cc1ccccc1. The maximum Gasteiger partial charge on any atom is 0.226 e. The van der Waals surface area contributed by atoms with Crippen molar-refractivity contribution in [1.82, 2.24) is 9.47 Å². The van der Waals surface area contributed by atoms with Gasteiger partial charge in [-0.25, -0.2) is 0 Å². The maximum absolute atomic E-state index is 13.5. The quantitative estimate of drug-likeness (QED) is 0.370. The lowest BCUT2D eigenvalue weighted by Gasteiger charge is -2.28. The summed E-state index contributed by atoms with van der Waals surface area (Å²) in [5.74, 6) is 0.383. The Kier molecular flexibility index (Phi) is 8.31. The maximum atomic E-state index is 13.5. The highest BCUT2D eigenvalue weighted by Gasteiger charge is 2.23. The molecule has 0 fully saturated rings. The number of rotatable bonds is 11. The highest BCUT2D eigenvalue weighted by atomic mass is 16.2. The monoisotopic (exact) mass is 402 g/mol. The summed E-state index contributed by atoms with van der Waals surface area (Å²) in [6.45, 7) is 6.44. The van der Waals surface area contributed by atoms with Crippen LogP contribution >= 0.6 is 0 Å². The van der Waals surface area contributed by atoms with E-state index < -0.39 is 0 Å². The molecule has 3 rings (SSSR count). The lowest BCUT2D eigenvalue weighted by atomic mass is 9.97. The fraction of sp³-hybridized carbons (Fsp3) is 0.370. The van der Waals surface area contributed by atoms with Crippen molar-refractivity contribution in [2.24, 2.45) is 5.92 Å². The zero-order chi connectivity index (χ0) is 21.2. The van der Waals surface area contributed by atoms with Crippen LogP contribution in [0.5, 0.6) is 0 Å². The molecule has 0 spiro atoms. The molecule has 0 radical (unpaired) electrons. The van der Waals surface area contributed by atoms with E-state index in [2.05, 4.69) is 78.0 Å². The second-order valence-corrected chi connectivity index (χ2v) is 8.04. The molecule has 2 aromatic carbocycles. The van der Waals surface area contributed by atoms with Gasteiger partial charge in [-0.2, -0.15) is 0 Å². The number of aromatic nitrogens is 1. The van der Waals surface area contributed by atoms with Gasteiger partial charge in [0.05, 0.1) is 6.54 Å². The molecular formula is C27H34N2O. The van der Waals surface area contributed by atoms with Crippen LogP contribution in [0.2, 0.25) is 0 Å². The van der Waals surface area contributed by atoms with Crippen molar-refractivity contribution in [2.45, 2.75) is 59.2 Å². The third-order valence-corrected chi connectivity index (χ3v) is 5.75. The second kappa shape index (κ2) is 11.4. The Labute approximate surface area is 181 Å². The highest BCUT2D eigenvalue weighted by molar-refractivity contribution is 5.78. The van der Waals surface area contributed by atoms with Crippen LogP contribution in [0.1, 0.15) is 56.4 Å². The van der Waals surface area contributed by atoms with Gasteiger partial charge < -0.3 is 9.47 Å². The van der Waals surface area contributed by atoms with E-state index in [0.29, 0.717) is 13.1 Å². The normalized spacial score (nSPS) is 11.9. The fourth-order valence-corrected chi connectivity index (χ4v) is 3.95. The van der Waals surface area contributed by atoms with Crippen LogP contribution in [0.3, 0.4) is 0 Å². The second-order valence-electron chi connectivity index (χ2n) is 8.04. The summed E-state index contributed by atoms with van der Waals surface area (Å²) in [6, 6.07) is 25.0. The number of carbonyl (C=O) groups is 1. The first-order valence-corrected chi connectivity index (χ1v) is 11.2. The number of unbranched alkanes of at least 4 members (excludes halogenated alkanes) is 1. The summed E-state index contributed by atoms with van der Waals surface area (Å²) in [6.07, 6.45) is 6.22. The molecule has 1 amide bonds. The first kappa shape index (κ1) is 21.9. The number of hydrogen-bond donors (Lipinski definition) is 0. The molecule has 3 aromatic rings. The summed E-state index contributed by atoms with van der Waals surface area (Å²) in [5, 5.41) is 0. The van der Waals surface area contributed by atoms with E-state index in [0.717, 1.165) is 32.2 Å². The molecule has 0 saturated heterocycles. The van der Waals surface area contributed by atoms with Crippen LogP contribution in [0.25, 0.3) is 0 Å². The largest absolute Gasteiger partial charge is 0.345 e. The molecule has 0 N–H and O–H groups in total. The van der Waals surface area contributed by atoms with E-state index in [9.17, 15) is 4.79 Å². The van der Waals surface area contributed by atoms with E-state index >= 15 is 0 Å². The molecule has 3 heteroatoms. The molecule has 0 aliphatic carbocycles. The Morgan fingerprint density at radius 1 is 0.867 bits per heavy atom. The van der Waals surface area contributed by atoms with Gasteiger partial charge in [0.2, 0.25) is 5.91 Å². The number of benzene rings is 2. The third-order valence-electron chi connectivity index (χ3n) is 5.75. The van der Waals surface area contributed by atoms with Gasteiger partial charge in [0.25, 0.3) is 0 Å². The first-order chi connectivity index (χ1) is 14.7. The van der Waals surface area contributed by atoms with Crippen molar-refractivity contribution >= 4 is 5.91 Å². The summed E-state index contributed by atoms with van der Waals surface area (Å²) < 4.78 is 2.26. The number of carbonyl (C=O) groups excluding carboxylic acids is 1. The van der Waals surface area contributed by atoms with Gasteiger partial charge in [0, 0.05) is 30.9 Å². The Hall–Kier alpha value is -2.81. The smallest absolute Gasteiger partial charge is 0.226 e. The molecule has 1 atom stereocenters. The van der Waals surface area contributed by atoms with E-state index in [1.165, 1.54) is 16.8 Å². The van der Waals surface area contributed by atoms with Crippen LogP contribution in [0.4, 0.5) is 0 Å². The Morgan fingerprint density at radius 3 is 2.17 bits per heavy atom. The zero-order valence-corrected chi connectivity index (χ0v) is 18.3. The van der Waals surface area contributed by atoms with Crippen molar-refractivity contribution in [1.29, 1.82) is 0 Å². The van der Waals surface area contributed by atoms with Crippen molar-refractivity contribution < 1.29 is 4.79 Å². The first-order valence-electron chi connectivity index (χ1n) is 11.2. The summed E-state index contributed by atoms with van der Waals surface area (Å²) in [5.41, 5.74) is 3.62. The van der Waals surface area contributed by atoms with Crippen molar-refractivity contribution in [3.8, 4) is 0 Å². The predicted octanol–water partition coefficient (Wildman–Crippen LogP) is 6.28. The number of hydrogen-bond acceptors (Lipinski definition) is 1. The fourth-order valence-electron chi connectivity index (χ4n) is 3.95. The Balaban J connectivity index is 1.80. The minimum atomic E-state index is 0.103. The van der Waals surface area contributed by atoms with Crippen molar-refractivity contribution in [3.63, 3.8) is 0 Å². The summed E-state index contributed by atoms with van der Waals surface area (Å²) in [7, 11) is 0. The Bertz CT molecular complexity index is 885. The third kappa shape index (κ3) is 6.09. The zero-order valence-electron chi connectivity index (χ0n) is 18.3. The molecule has 0 aliphatic rings. The number of nitrogens with zero attached hydrogens (tertiary/aromatic N) is 2. The molecular weight excluding hydrogens is 368 g/mol. The molecule has 0 bridgehead atoms. The van der Waals surface area contributed by atoms with Gasteiger partial charge >= 0.3 is 0 Å². The van der Waals surface area contributed by atoms with Gasteiger partial charge in [-0.1, -0.05) is 87.4 Å². The topological polar surface area (TPSA) is 25.2 Å². The van der Waals surface area contributed by atoms with Gasteiger partial charge in [-0.15, -0.1) is 0 Å². The van der Waals surface area contributed by atoms with Gasteiger partial charge in [0.15, 0.2) is 0 Å². The van der Waals surface area contributed by atoms with Crippen LogP contribution in [0.15, 0.2) is 79.0 Å². The van der Waals surface area contributed by atoms with Crippen molar-refractivity contribution in [3.05, 3.63) is 95.8 Å². The van der Waals surface area contributed by atoms with Crippen LogP contribution in [-0.4, -0.2) is 15.4 Å². The lowest BCUT2D eigenvalue weighted by Crippen LogP contribution is -2.35. The minimum absolute atomic E-state index is 0.103. The van der Waals surface area contributed by atoms with Gasteiger partial charge in [-0.3, -0.25) is 4.79 Å². The highest BCUT2D eigenvalue weighted by Crippen LogP contribution is 2.20. The molecule has 0 saturated carbocycles. The van der Waals surface area contributed by atoms with Crippen LogP contribution in [0, 0.1) is 5.92 Å². The predicted molar refractivity (Wildman–Crippen MR) is 124 cm³/mol. The van der Waals surface area contributed by atoms with Crippen LogP contribution < -0.4 is 0 Å². The molecule has 1 heterocycles. The van der Waals surface area contributed by atoms with E-state index in [1.54, 1.807) is 0 Å². The molecule has 158 valence electrons. The summed E-state index contributed by atoms with van der Waals surface area (Å²) >= 11 is 0. The number of amides is 1. The average molecular weight is 403 g/mol. The van der Waals surface area contributed by atoms with E-state index in [4.69, 9.17) is 0 Å². The molecule has 30 heavy (non-hydrogen) atoms. The standard InChI is InChI=1S/C27H34N2O/c1-3-5-17-25(4-2)27(30)29(21-24-15-10-7-11-16-24)22-26-18-12-19-28(26)20-23-13-8-6-9-14-23/h6-16,18-19,25H,3-5,17,20-22H2,1-2H3. The van der Waals surface area contributed by atoms with Gasteiger partial charge in [0.1, 0.15) is 0 Å². The molecule has 1 aromatic heterocycles. The lowest BCUT2D eigenvalue weighted by molar-refractivity contribution is -0.137. The van der Waals surface area contributed by atoms with Gasteiger partial charge in [-0.05, 0) is 36.1 Å².